The smallest absolute Gasteiger partial charge is 0.255 e. The van der Waals surface area contributed by atoms with E-state index in [2.05, 4.69) is 10.3 Å². The fourth-order valence-corrected chi connectivity index (χ4v) is 3.04. The first-order valence-corrected chi connectivity index (χ1v) is 7.32. The number of pyridine rings is 1. The van der Waals surface area contributed by atoms with Gasteiger partial charge >= 0.3 is 0 Å². The zero-order valence-electron chi connectivity index (χ0n) is 11.3. The van der Waals surface area contributed by atoms with E-state index in [0.29, 0.717) is 0 Å². The van der Waals surface area contributed by atoms with Crippen LogP contribution in [-0.4, -0.2) is 35.4 Å². The lowest BCUT2D eigenvalue weighted by Gasteiger charge is -2.24. The van der Waals surface area contributed by atoms with E-state index in [-0.39, 0.29) is 5.91 Å². The third-order valence-corrected chi connectivity index (χ3v) is 4.14. The normalized spacial score (nSPS) is 19.7. The second kappa shape index (κ2) is 5.70. The molecule has 0 aliphatic carbocycles. The Hall–Kier alpha value is -1.42. The minimum atomic E-state index is 0.188. The minimum Gasteiger partial charge on any atom is -0.339 e. The molecular formula is C15H21N3O. The molecule has 19 heavy (non-hydrogen) atoms. The molecule has 1 N–H and O–H groups in total. The van der Waals surface area contributed by atoms with Crippen LogP contribution in [0.3, 0.4) is 0 Å². The molecule has 3 rings (SSSR count). The van der Waals surface area contributed by atoms with Gasteiger partial charge in [-0.15, -0.1) is 0 Å². The molecule has 0 atom stereocenters. The van der Waals surface area contributed by atoms with Crippen molar-refractivity contribution < 1.29 is 4.79 Å². The van der Waals surface area contributed by atoms with Gasteiger partial charge < -0.3 is 10.2 Å². The SMILES string of the molecule is O=C(c1cncc2c1CCNC2)N1CCCCCC1. The molecule has 1 amide bonds. The Balaban J connectivity index is 1.86. The van der Waals surface area contributed by atoms with Crippen LogP contribution >= 0.6 is 0 Å². The van der Waals surface area contributed by atoms with Crippen molar-refractivity contribution in [3.8, 4) is 0 Å². The van der Waals surface area contributed by atoms with Crippen LogP contribution in [0.4, 0.5) is 0 Å². The number of hydrogen-bond acceptors (Lipinski definition) is 3. The van der Waals surface area contributed by atoms with Crippen LogP contribution in [0.2, 0.25) is 0 Å². The average Bonchev–Trinajstić information content (AvgIpc) is 2.75. The number of hydrogen-bond donors (Lipinski definition) is 1. The predicted octanol–water partition coefficient (Wildman–Crippen LogP) is 1.74. The summed E-state index contributed by atoms with van der Waals surface area (Å²) in [6, 6.07) is 0. The molecule has 102 valence electrons. The molecule has 2 aliphatic rings. The summed E-state index contributed by atoms with van der Waals surface area (Å²) in [4.78, 5) is 19.0. The van der Waals surface area contributed by atoms with Gasteiger partial charge in [-0.3, -0.25) is 9.78 Å². The summed E-state index contributed by atoms with van der Waals surface area (Å²) in [5.74, 6) is 0.188. The van der Waals surface area contributed by atoms with Crippen molar-refractivity contribution in [1.82, 2.24) is 15.2 Å². The Morgan fingerprint density at radius 3 is 2.74 bits per heavy atom. The van der Waals surface area contributed by atoms with E-state index in [1.807, 2.05) is 11.1 Å². The molecule has 4 nitrogen and oxygen atoms in total. The van der Waals surface area contributed by atoms with E-state index in [1.165, 1.54) is 24.0 Å². The van der Waals surface area contributed by atoms with E-state index >= 15 is 0 Å². The summed E-state index contributed by atoms with van der Waals surface area (Å²) in [6.07, 6.45) is 9.36. The van der Waals surface area contributed by atoms with Gasteiger partial charge in [0.25, 0.3) is 5.91 Å². The van der Waals surface area contributed by atoms with Crippen molar-refractivity contribution in [2.75, 3.05) is 19.6 Å². The number of amides is 1. The van der Waals surface area contributed by atoms with Crippen molar-refractivity contribution >= 4 is 5.91 Å². The molecule has 1 aromatic rings. The van der Waals surface area contributed by atoms with Gasteiger partial charge in [-0.1, -0.05) is 12.8 Å². The summed E-state index contributed by atoms with van der Waals surface area (Å²) in [5, 5.41) is 3.33. The number of aromatic nitrogens is 1. The lowest BCUT2D eigenvalue weighted by atomic mass is 9.97. The van der Waals surface area contributed by atoms with E-state index in [1.54, 1.807) is 6.20 Å². The Kier molecular flexibility index (Phi) is 3.78. The van der Waals surface area contributed by atoms with Crippen LogP contribution < -0.4 is 5.32 Å². The van der Waals surface area contributed by atoms with Gasteiger partial charge in [0.1, 0.15) is 0 Å². The highest BCUT2D eigenvalue weighted by atomic mass is 16.2. The standard InChI is InChI=1S/C15H21N3O/c19-15(18-7-3-1-2-4-8-18)14-11-17-10-12-9-16-6-5-13(12)14/h10-11,16H,1-9H2. The zero-order valence-corrected chi connectivity index (χ0v) is 11.3. The third-order valence-electron chi connectivity index (χ3n) is 4.14. The van der Waals surface area contributed by atoms with Crippen LogP contribution in [0.1, 0.15) is 47.2 Å². The Morgan fingerprint density at radius 1 is 1.16 bits per heavy atom. The molecule has 0 spiro atoms. The van der Waals surface area contributed by atoms with Crippen molar-refractivity contribution in [2.45, 2.75) is 38.6 Å². The second-order valence-electron chi connectivity index (χ2n) is 5.46. The molecule has 3 heterocycles. The number of carbonyl (C=O) groups is 1. The number of likely N-dealkylation sites (tertiary alicyclic amines) is 1. The van der Waals surface area contributed by atoms with E-state index in [9.17, 15) is 4.79 Å². The van der Waals surface area contributed by atoms with Crippen molar-refractivity contribution in [3.05, 3.63) is 29.1 Å². The van der Waals surface area contributed by atoms with Crippen LogP contribution in [0.25, 0.3) is 0 Å². The monoisotopic (exact) mass is 259 g/mol. The average molecular weight is 259 g/mol. The predicted molar refractivity (Wildman–Crippen MR) is 74.0 cm³/mol. The minimum absolute atomic E-state index is 0.188. The fraction of sp³-hybridized carbons (Fsp3) is 0.600. The van der Waals surface area contributed by atoms with Crippen molar-refractivity contribution in [1.29, 1.82) is 0 Å². The zero-order chi connectivity index (χ0) is 13.1. The fourth-order valence-electron chi connectivity index (χ4n) is 3.04. The summed E-state index contributed by atoms with van der Waals surface area (Å²) < 4.78 is 0. The molecule has 1 saturated heterocycles. The number of carbonyl (C=O) groups excluding carboxylic acids is 1. The summed E-state index contributed by atoms with van der Waals surface area (Å²) in [7, 11) is 0. The third kappa shape index (κ3) is 2.63. The molecule has 0 radical (unpaired) electrons. The lowest BCUT2D eigenvalue weighted by Crippen LogP contribution is -2.34. The van der Waals surface area contributed by atoms with Gasteiger partial charge in [-0.25, -0.2) is 0 Å². The first kappa shape index (κ1) is 12.6. The quantitative estimate of drug-likeness (QED) is 0.835. The highest BCUT2D eigenvalue weighted by Gasteiger charge is 2.22. The molecule has 0 aromatic carbocycles. The van der Waals surface area contributed by atoms with Gasteiger partial charge in [-0.2, -0.15) is 0 Å². The van der Waals surface area contributed by atoms with Crippen LogP contribution in [0.5, 0.6) is 0 Å². The topological polar surface area (TPSA) is 45.2 Å². The van der Waals surface area contributed by atoms with Crippen LogP contribution in [-0.2, 0) is 13.0 Å². The summed E-state index contributed by atoms with van der Waals surface area (Å²) in [6.45, 7) is 3.60. The number of rotatable bonds is 1. The first-order valence-electron chi connectivity index (χ1n) is 7.32. The molecular weight excluding hydrogens is 238 g/mol. The largest absolute Gasteiger partial charge is 0.339 e. The highest BCUT2D eigenvalue weighted by Crippen LogP contribution is 2.20. The molecule has 0 bridgehead atoms. The summed E-state index contributed by atoms with van der Waals surface area (Å²) >= 11 is 0. The lowest BCUT2D eigenvalue weighted by molar-refractivity contribution is 0.0759. The maximum atomic E-state index is 12.7. The van der Waals surface area contributed by atoms with E-state index < -0.39 is 0 Å². The van der Waals surface area contributed by atoms with Crippen molar-refractivity contribution in [2.24, 2.45) is 0 Å². The molecule has 4 heteroatoms. The first-order chi connectivity index (χ1) is 9.36. The maximum absolute atomic E-state index is 12.7. The van der Waals surface area contributed by atoms with Crippen molar-refractivity contribution in [3.63, 3.8) is 0 Å². The molecule has 1 fully saturated rings. The van der Waals surface area contributed by atoms with Gasteiger partial charge in [0.2, 0.25) is 0 Å². The van der Waals surface area contributed by atoms with Gasteiger partial charge in [0.15, 0.2) is 0 Å². The van der Waals surface area contributed by atoms with Gasteiger partial charge in [-0.05, 0) is 36.9 Å². The molecule has 1 aromatic heterocycles. The Morgan fingerprint density at radius 2 is 1.95 bits per heavy atom. The van der Waals surface area contributed by atoms with Crippen LogP contribution in [0, 0.1) is 0 Å². The Labute approximate surface area is 114 Å². The number of nitrogens with zero attached hydrogens (tertiary/aromatic N) is 2. The van der Waals surface area contributed by atoms with Crippen LogP contribution in [0.15, 0.2) is 12.4 Å². The van der Waals surface area contributed by atoms with Gasteiger partial charge in [0.05, 0.1) is 5.56 Å². The Bertz CT molecular complexity index is 464. The maximum Gasteiger partial charge on any atom is 0.255 e. The van der Waals surface area contributed by atoms with Gasteiger partial charge in [0, 0.05) is 32.0 Å². The number of fused-ring (bicyclic) bond motifs is 1. The molecule has 0 saturated carbocycles. The second-order valence-corrected chi connectivity index (χ2v) is 5.46. The highest BCUT2D eigenvalue weighted by molar-refractivity contribution is 5.95. The molecule has 2 aliphatic heterocycles. The molecule has 0 unspecified atom stereocenters. The van der Waals surface area contributed by atoms with E-state index in [4.69, 9.17) is 0 Å². The number of nitrogens with one attached hydrogen (secondary N) is 1. The summed E-state index contributed by atoms with van der Waals surface area (Å²) in [5.41, 5.74) is 3.23. The van der Waals surface area contributed by atoms with E-state index in [0.717, 1.165) is 51.0 Å².